The molecule has 0 saturated carbocycles. The Bertz CT molecular complexity index is 546. The molecule has 0 bridgehead atoms. The molecule has 2 N–H and O–H groups in total. The Morgan fingerprint density at radius 3 is 2.35 bits per heavy atom. The van der Waals surface area contributed by atoms with E-state index in [0.717, 1.165) is 44.2 Å². The minimum atomic E-state index is 0.501. The lowest BCUT2D eigenvalue weighted by atomic mass is 10.0. The molecule has 5 nitrogen and oxygen atoms in total. The summed E-state index contributed by atoms with van der Waals surface area (Å²) in [4.78, 5) is 6.87. The third-order valence-electron chi connectivity index (χ3n) is 5.03. The van der Waals surface area contributed by atoms with Gasteiger partial charge in [0.25, 0.3) is 0 Å². The molecule has 0 atom stereocenters. The maximum Gasteiger partial charge on any atom is 0.191 e. The van der Waals surface area contributed by atoms with E-state index in [9.17, 15) is 0 Å². The van der Waals surface area contributed by atoms with Gasteiger partial charge in [-0.05, 0) is 50.3 Å². The van der Waals surface area contributed by atoms with Crippen molar-refractivity contribution >= 4 is 5.96 Å². The molecule has 1 aromatic carbocycles. The number of benzene rings is 1. The van der Waals surface area contributed by atoms with Gasteiger partial charge in [-0.15, -0.1) is 0 Å². The molecule has 0 spiro atoms. The highest BCUT2D eigenvalue weighted by molar-refractivity contribution is 5.79. The molecule has 0 amide bonds. The third kappa shape index (κ3) is 6.52. The largest absolute Gasteiger partial charge is 0.492 e. The highest BCUT2D eigenvalue weighted by Crippen LogP contribution is 2.18. The van der Waals surface area contributed by atoms with Crippen LogP contribution >= 0.6 is 0 Å². The molecule has 0 radical (unpaired) electrons. The van der Waals surface area contributed by atoms with E-state index in [0.29, 0.717) is 24.6 Å². The van der Waals surface area contributed by atoms with Gasteiger partial charge in [-0.2, -0.15) is 0 Å². The van der Waals surface area contributed by atoms with E-state index in [1.807, 2.05) is 19.2 Å². The molecule has 1 aliphatic rings. The van der Waals surface area contributed by atoms with Gasteiger partial charge in [0.1, 0.15) is 12.4 Å². The predicted octanol–water partition coefficient (Wildman–Crippen LogP) is 3.23. The second-order valence-corrected chi connectivity index (χ2v) is 7.62. The summed E-state index contributed by atoms with van der Waals surface area (Å²) in [6.07, 6.45) is 2.33. The molecule has 2 rings (SSSR count). The molecule has 1 aromatic rings. The lowest BCUT2D eigenvalue weighted by Crippen LogP contribution is -2.50. The first-order valence-corrected chi connectivity index (χ1v) is 9.93. The Morgan fingerprint density at radius 1 is 1.15 bits per heavy atom. The third-order valence-corrected chi connectivity index (χ3v) is 5.03. The zero-order chi connectivity index (χ0) is 18.9. The molecule has 1 aliphatic heterocycles. The second kappa shape index (κ2) is 10.4. The average Bonchev–Trinajstić information content (AvgIpc) is 2.65. The fraction of sp³-hybridized carbons (Fsp3) is 0.667. The molecule has 0 aliphatic carbocycles. The summed E-state index contributed by atoms with van der Waals surface area (Å²) in [5.74, 6) is 2.33. The van der Waals surface area contributed by atoms with E-state index in [1.54, 1.807) is 0 Å². The van der Waals surface area contributed by atoms with Crippen molar-refractivity contribution in [3.8, 4) is 5.75 Å². The molecule has 0 aromatic heterocycles. The van der Waals surface area contributed by atoms with Crippen LogP contribution in [0.25, 0.3) is 0 Å². The van der Waals surface area contributed by atoms with Crippen molar-refractivity contribution in [2.75, 3.05) is 33.3 Å². The van der Waals surface area contributed by atoms with Crippen molar-refractivity contribution in [2.24, 2.45) is 4.99 Å². The highest BCUT2D eigenvalue weighted by atomic mass is 16.5. The summed E-state index contributed by atoms with van der Waals surface area (Å²) in [7, 11) is 1.82. The van der Waals surface area contributed by atoms with Crippen molar-refractivity contribution in [1.29, 1.82) is 0 Å². The number of guanidine groups is 1. The standard InChI is InChI=1S/C21H36N4O/c1-16(2)18-6-8-20(9-7-18)26-15-12-23-21(22-5)24-19-10-13-25(14-11-19)17(3)4/h6-9,16-17,19H,10-15H2,1-5H3,(H2,22,23,24). The molecular weight excluding hydrogens is 324 g/mol. The first-order chi connectivity index (χ1) is 12.5. The SMILES string of the molecule is CN=C(NCCOc1ccc(C(C)C)cc1)NC1CCN(C(C)C)CC1. The van der Waals surface area contributed by atoms with E-state index in [4.69, 9.17) is 4.74 Å². The number of hydrogen-bond donors (Lipinski definition) is 2. The molecule has 1 heterocycles. The maximum absolute atomic E-state index is 5.81. The molecule has 1 saturated heterocycles. The highest BCUT2D eigenvalue weighted by Gasteiger charge is 2.21. The van der Waals surface area contributed by atoms with Crippen LogP contribution in [0, 0.1) is 0 Å². The quantitative estimate of drug-likeness (QED) is 0.445. The van der Waals surface area contributed by atoms with Gasteiger partial charge >= 0.3 is 0 Å². The van der Waals surface area contributed by atoms with E-state index in [-0.39, 0.29) is 0 Å². The summed E-state index contributed by atoms with van der Waals surface area (Å²) >= 11 is 0. The summed E-state index contributed by atoms with van der Waals surface area (Å²) in [5.41, 5.74) is 1.34. The van der Waals surface area contributed by atoms with Gasteiger partial charge in [0.05, 0.1) is 6.54 Å². The van der Waals surface area contributed by atoms with Gasteiger partial charge in [0, 0.05) is 32.2 Å². The molecule has 0 unspecified atom stereocenters. The van der Waals surface area contributed by atoms with Gasteiger partial charge in [-0.25, -0.2) is 0 Å². The smallest absolute Gasteiger partial charge is 0.191 e. The predicted molar refractivity (Wildman–Crippen MR) is 110 cm³/mol. The zero-order valence-corrected chi connectivity index (χ0v) is 17.1. The Kier molecular flexibility index (Phi) is 8.23. The van der Waals surface area contributed by atoms with Crippen molar-refractivity contribution in [3.05, 3.63) is 29.8 Å². The van der Waals surface area contributed by atoms with Crippen molar-refractivity contribution in [1.82, 2.24) is 15.5 Å². The molecule has 1 fully saturated rings. The van der Waals surface area contributed by atoms with Gasteiger partial charge in [0.15, 0.2) is 5.96 Å². The van der Waals surface area contributed by atoms with E-state index < -0.39 is 0 Å². The molecular formula is C21H36N4O. The number of hydrogen-bond acceptors (Lipinski definition) is 3. The average molecular weight is 361 g/mol. The first-order valence-electron chi connectivity index (χ1n) is 9.93. The van der Waals surface area contributed by atoms with Crippen LogP contribution in [0.2, 0.25) is 0 Å². The van der Waals surface area contributed by atoms with E-state index >= 15 is 0 Å². The summed E-state index contributed by atoms with van der Waals surface area (Å²) in [5, 5.41) is 6.89. The summed E-state index contributed by atoms with van der Waals surface area (Å²) < 4.78 is 5.81. The van der Waals surface area contributed by atoms with Crippen LogP contribution in [-0.4, -0.2) is 56.2 Å². The van der Waals surface area contributed by atoms with Crippen LogP contribution in [0.1, 0.15) is 52.0 Å². The maximum atomic E-state index is 5.81. The minimum absolute atomic E-state index is 0.501. The molecule has 5 heteroatoms. The van der Waals surface area contributed by atoms with E-state index in [1.165, 1.54) is 5.56 Å². The van der Waals surface area contributed by atoms with Gasteiger partial charge in [-0.1, -0.05) is 26.0 Å². The Balaban J connectivity index is 1.66. The number of nitrogens with one attached hydrogen (secondary N) is 2. The fourth-order valence-electron chi connectivity index (χ4n) is 3.24. The van der Waals surface area contributed by atoms with Crippen molar-refractivity contribution in [3.63, 3.8) is 0 Å². The summed E-state index contributed by atoms with van der Waals surface area (Å²) in [6, 6.07) is 9.51. The Morgan fingerprint density at radius 2 is 1.81 bits per heavy atom. The molecule has 26 heavy (non-hydrogen) atoms. The first kappa shape index (κ1) is 20.6. The van der Waals surface area contributed by atoms with Crippen LogP contribution in [0.5, 0.6) is 5.75 Å². The fourth-order valence-corrected chi connectivity index (χ4v) is 3.24. The van der Waals surface area contributed by atoms with Crippen LogP contribution in [0.4, 0.5) is 0 Å². The topological polar surface area (TPSA) is 48.9 Å². The van der Waals surface area contributed by atoms with Crippen molar-refractivity contribution in [2.45, 2.75) is 58.5 Å². The number of likely N-dealkylation sites (tertiary alicyclic amines) is 1. The summed E-state index contributed by atoms with van der Waals surface area (Å²) in [6.45, 7) is 12.6. The van der Waals surface area contributed by atoms with Gasteiger partial charge in [-0.3, -0.25) is 4.99 Å². The van der Waals surface area contributed by atoms with Crippen LogP contribution in [-0.2, 0) is 0 Å². The van der Waals surface area contributed by atoms with Crippen LogP contribution in [0.15, 0.2) is 29.3 Å². The zero-order valence-electron chi connectivity index (χ0n) is 17.1. The number of nitrogens with zero attached hydrogens (tertiary/aromatic N) is 2. The van der Waals surface area contributed by atoms with Crippen molar-refractivity contribution < 1.29 is 4.74 Å². The van der Waals surface area contributed by atoms with Crippen LogP contribution < -0.4 is 15.4 Å². The second-order valence-electron chi connectivity index (χ2n) is 7.62. The minimum Gasteiger partial charge on any atom is -0.492 e. The number of ether oxygens (including phenoxy) is 1. The normalized spacial score (nSPS) is 17.0. The molecule has 146 valence electrons. The Hall–Kier alpha value is -1.75. The monoisotopic (exact) mass is 360 g/mol. The van der Waals surface area contributed by atoms with E-state index in [2.05, 4.69) is 60.4 Å². The van der Waals surface area contributed by atoms with Gasteiger partial charge in [0.2, 0.25) is 0 Å². The number of piperidine rings is 1. The van der Waals surface area contributed by atoms with Gasteiger partial charge < -0.3 is 20.3 Å². The lowest BCUT2D eigenvalue weighted by molar-refractivity contribution is 0.167. The lowest BCUT2D eigenvalue weighted by Gasteiger charge is -2.35. The number of rotatable bonds is 7. The Labute approximate surface area is 159 Å². The van der Waals surface area contributed by atoms with Crippen LogP contribution in [0.3, 0.4) is 0 Å². The number of aliphatic imine (C=N–C) groups is 1.